The zero-order valence-electron chi connectivity index (χ0n) is 16.6. The minimum atomic E-state index is -0.350. The van der Waals surface area contributed by atoms with Crippen molar-refractivity contribution in [2.45, 2.75) is 6.92 Å². The molecular weight excluding hydrogens is 381 g/mol. The lowest BCUT2D eigenvalue weighted by molar-refractivity contribution is 0.102. The van der Waals surface area contributed by atoms with Gasteiger partial charge in [0.2, 0.25) is 0 Å². The summed E-state index contributed by atoms with van der Waals surface area (Å²) in [7, 11) is 1.58. The van der Waals surface area contributed by atoms with Crippen LogP contribution in [0.4, 0.5) is 10.1 Å². The van der Waals surface area contributed by atoms with E-state index in [1.807, 2.05) is 54.6 Å². The summed E-state index contributed by atoms with van der Waals surface area (Å²) in [5.41, 5.74) is 3.58. The number of hydrogen-bond donors (Lipinski definition) is 1. The van der Waals surface area contributed by atoms with E-state index in [-0.39, 0.29) is 11.7 Å². The quantitative estimate of drug-likeness (QED) is 0.497. The molecule has 0 unspecified atom stereocenters. The first kappa shape index (κ1) is 19.4. The Hall–Kier alpha value is -3.93. The number of carbonyl (C=O) groups excluding carboxylic acids is 1. The number of benzene rings is 3. The molecule has 0 aliphatic carbocycles. The Balaban J connectivity index is 1.81. The maximum Gasteiger partial charge on any atom is 0.259 e. The van der Waals surface area contributed by atoms with Crippen molar-refractivity contribution in [3.63, 3.8) is 0 Å². The van der Waals surface area contributed by atoms with Gasteiger partial charge in [0.05, 0.1) is 18.4 Å². The van der Waals surface area contributed by atoms with E-state index in [1.54, 1.807) is 31.0 Å². The Labute approximate surface area is 173 Å². The number of ether oxygens (including phenoxy) is 1. The first-order chi connectivity index (χ1) is 14.6. The van der Waals surface area contributed by atoms with Crippen LogP contribution in [0, 0.1) is 12.7 Å². The molecule has 4 aromatic rings. The van der Waals surface area contributed by atoms with E-state index < -0.39 is 0 Å². The molecule has 5 nitrogen and oxygen atoms in total. The zero-order valence-corrected chi connectivity index (χ0v) is 16.6. The van der Waals surface area contributed by atoms with Gasteiger partial charge < -0.3 is 10.1 Å². The molecular formula is C24H20FN3O2. The summed E-state index contributed by atoms with van der Waals surface area (Å²) in [4.78, 5) is 13.2. The van der Waals surface area contributed by atoms with Crippen molar-refractivity contribution >= 4 is 11.6 Å². The van der Waals surface area contributed by atoms with Crippen LogP contribution in [-0.4, -0.2) is 22.8 Å². The molecule has 0 bridgehead atoms. The maximum atomic E-state index is 13.4. The van der Waals surface area contributed by atoms with Gasteiger partial charge in [0.1, 0.15) is 17.3 Å². The second-order valence-electron chi connectivity index (χ2n) is 6.79. The number of halogens is 1. The van der Waals surface area contributed by atoms with Gasteiger partial charge in [-0.3, -0.25) is 4.79 Å². The molecule has 0 saturated heterocycles. The minimum absolute atomic E-state index is 0.340. The summed E-state index contributed by atoms with van der Waals surface area (Å²) in [6.45, 7) is 1.74. The van der Waals surface area contributed by atoms with E-state index in [2.05, 4.69) is 10.4 Å². The van der Waals surface area contributed by atoms with Crippen LogP contribution in [-0.2, 0) is 0 Å². The number of carbonyl (C=O) groups is 1. The van der Waals surface area contributed by atoms with Crippen LogP contribution in [0.25, 0.3) is 16.9 Å². The van der Waals surface area contributed by atoms with Gasteiger partial charge in [-0.05, 0) is 55.0 Å². The van der Waals surface area contributed by atoms with Gasteiger partial charge in [-0.1, -0.05) is 30.3 Å². The smallest absolute Gasteiger partial charge is 0.259 e. The monoisotopic (exact) mass is 401 g/mol. The summed E-state index contributed by atoms with van der Waals surface area (Å²) >= 11 is 0. The number of hydrogen-bond acceptors (Lipinski definition) is 3. The van der Waals surface area contributed by atoms with Crippen molar-refractivity contribution in [3.05, 3.63) is 95.9 Å². The highest BCUT2D eigenvalue weighted by atomic mass is 19.1. The van der Waals surface area contributed by atoms with Crippen molar-refractivity contribution in [1.29, 1.82) is 0 Å². The van der Waals surface area contributed by atoms with Gasteiger partial charge in [0.15, 0.2) is 0 Å². The first-order valence-electron chi connectivity index (χ1n) is 9.43. The molecule has 1 aromatic heterocycles. The highest BCUT2D eigenvalue weighted by Crippen LogP contribution is 2.32. The Bertz CT molecular complexity index is 1200. The molecule has 0 aliphatic heterocycles. The molecule has 3 aromatic carbocycles. The molecule has 4 rings (SSSR count). The summed E-state index contributed by atoms with van der Waals surface area (Å²) in [6, 6.07) is 21.2. The van der Waals surface area contributed by atoms with Crippen molar-refractivity contribution < 1.29 is 13.9 Å². The number of amides is 1. The standard InChI is InChI=1S/C24H20FN3O2/c1-16-14-17(25)12-13-21(16)26-24(29)20-15-28(18-8-4-3-5-9-18)27-23(20)19-10-6-7-11-22(19)30-2/h3-15H,1-2H3,(H,26,29). The Morgan fingerprint density at radius 1 is 1.03 bits per heavy atom. The third-order valence-corrected chi connectivity index (χ3v) is 4.78. The van der Waals surface area contributed by atoms with Crippen molar-refractivity contribution in [1.82, 2.24) is 9.78 Å². The van der Waals surface area contributed by atoms with Gasteiger partial charge in [-0.2, -0.15) is 5.10 Å². The highest BCUT2D eigenvalue weighted by molar-refractivity contribution is 6.08. The fourth-order valence-corrected chi connectivity index (χ4v) is 3.25. The van der Waals surface area contributed by atoms with Gasteiger partial charge in [-0.25, -0.2) is 9.07 Å². The fraction of sp³-hybridized carbons (Fsp3) is 0.0833. The van der Waals surface area contributed by atoms with Gasteiger partial charge >= 0.3 is 0 Å². The molecule has 0 radical (unpaired) electrons. The SMILES string of the molecule is COc1ccccc1-c1nn(-c2ccccc2)cc1C(=O)Nc1ccc(F)cc1C. The second kappa shape index (κ2) is 8.21. The van der Waals surface area contributed by atoms with E-state index in [0.717, 1.165) is 5.69 Å². The Morgan fingerprint density at radius 3 is 2.50 bits per heavy atom. The van der Waals surface area contributed by atoms with Crippen LogP contribution in [0.1, 0.15) is 15.9 Å². The predicted molar refractivity (Wildman–Crippen MR) is 115 cm³/mol. The van der Waals surface area contributed by atoms with E-state index >= 15 is 0 Å². The molecule has 0 aliphatic rings. The van der Waals surface area contributed by atoms with Crippen molar-refractivity contribution in [2.75, 3.05) is 12.4 Å². The topological polar surface area (TPSA) is 56.2 Å². The molecule has 150 valence electrons. The van der Waals surface area contributed by atoms with E-state index in [4.69, 9.17) is 4.74 Å². The average Bonchev–Trinajstić information content (AvgIpc) is 3.22. The maximum absolute atomic E-state index is 13.4. The number of aryl methyl sites for hydroxylation is 1. The van der Waals surface area contributed by atoms with Gasteiger partial charge in [-0.15, -0.1) is 0 Å². The summed E-state index contributed by atoms with van der Waals surface area (Å²) in [5, 5.41) is 7.54. The molecule has 1 heterocycles. The lowest BCUT2D eigenvalue weighted by Crippen LogP contribution is -2.13. The number of para-hydroxylation sites is 2. The van der Waals surface area contributed by atoms with Crippen molar-refractivity contribution in [3.8, 4) is 22.7 Å². The van der Waals surface area contributed by atoms with E-state index in [0.29, 0.717) is 33.8 Å². The third kappa shape index (κ3) is 3.80. The highest BCUT2D eigenvalue weighted by Gasteiger charge is 2.21. The molecule has 0 saturated carbocycles. The van der Waals surface area contributed by atoms with Crippen LogP contribution >= 0.6 is 0 Å². The molecule has 0 atom stereocenters. The van der Waals surface area contributed by atoms with E-state index in [9.17, 15) is 9.18 Å². The largest absolute Gasteiger partial charge is 0.496 e. The number of anilines is 1. The number of methoxy groups -OCH3 is 1. The summed E-state index contributed by atoms with van der Waals surface area (Å²) in [5.74, 6) is -0.0762. The van der Waals surface area contributed by atoms with Crippen LogP contribution in [0.3, 0.4) is 0 Å². The molecule has 30 heavy (non-hydrogen) atoms. The van der Waals surface area contributed by atoms with E-state index in [1.165, 1.54) is 12.1 Å². The molecule has 0 fully saturated rings. The average molecular weight is 401 g/mol. The fourth-order valence-electron chi connectivity index (χ4n) is 3.25. The van der Waals surface area contributed by atoms with Gasteiger partial charge in [0, 0.05) is 17.4 Å². The van der Waals surface area contributed by atoms with Crippen LogP contribution in [0.15, 0.2) is 79.0 Å². The number of rotatable bonds is 5. The molecule has 0 spiro atoms. The van der Waals surface area contributed by atoms with Crippen molar-refractivity contribution in [2.24, 2.45) is 0 Å². The normalized spacial score (nSPS) is 10.6. The Morgan fingerprint density at radius 2 is 1.77 bits per heavy atom. The summed E-state index contributed by atoms with van der Waals surface area (Å²) < 4.78 is 20.6. The van der Waals surface area contributed by atoms with Crippen LogP contribution in [0.5, 0.6) is 5.75 Å². The first-order valence-corrected chi connectivity index (χ1v) is 9.43. The van der Waals surface area contributed by atoms with Crippen LogP contribution < -0.4 is 10.1 Å². The molecule has 6 heteroatoms. The summed E-state index contributed by atoms with van der Waals surface area (Å²) in [6.07, 6.45) is 1.69. The lowest BCUT2D eigenvalue weighted by atomic mass is 10.1. The van der Waals surface area contributed by atoms with Gasteiger partial charge in [0.25, 0.3) is 5.91 Å². The number of nitrogens with zero attached hydrogens (tertiary/aromatic N) is 2. The number of aromatic nitrogens is 2. The second-order valence-corrected chi connectivity index (χ2v) is 6.79. The molecule has 1 N–H and O–H groups in total. The zero-order chi connectivity index (χ0) is 21.1. The van der Waals surface area contributed by atoms with Crippen LogP contribution in [0.2, 0.25) is 0 Å². The minimum Gasteiger partial charge on any atom is -0.496 e. The number of nitrogens with one attached hydrogen (secondary N) is 1. The molecule has 1 amide bonds. The Kier molecular flexibility index (Phi) is 5.30. The lowest BCUT2D eigenvalue weighted by Gasteiger charge is -2.10. The predicted octanol–water partition coefficient (Wildman–Crippen LogP) is 5.25. The third-order valence-electron chi connectivity index (χ3n) is 4.78.